The number of unbranched alkanes of at least 4 members (excludes halogenated alkanes) is 2. The third kappa shape index (κ3) is 4.72. The largest absolute Gasteiger partial charge is 0.507 e. The highest BCUT2D eigenvalue weighted by atomic mass is 32.2. The number of carbonyl (C=O) groups excluding carboxylic acids is 1. The molecular formula is C28H33N3O5S. The summed E-state index contributed by atoms with van der Waals surface area (Å²) in [5, 5.41) is 18.3. The number of nitrogens with zero attached hydrogens (tertiary/aromatic N) is 2. The number of hydrogen-bond acceptors (Lipinski definition) is 6. The van der Waals surface area contributed by atoms with Crippen molar-refractivity contribution in [1.82, 2.24) is 15.1 Å². The molecular weight excluding hydrogens is 490 g/mol. The number of phenols is 1. The zero-order valence-electron chi connectivity index (χ0n) is 21.5. The van der Waals surface area contributed by atoms with Gasteiger partial charge < -0.3 is 14.7 Å². The number of rotatable bonds is 8. The smallest absolute Gasteiger partial charge is 0.273 e. The molecule has 2 unspecified atom stereocenters. The lowest BCUT2D eigenvalue weighted by Crippen LogP contribution is -2.40. The Kier molecular flexibility index (Phi) is 6.74. The van der Waals surface area contributed by atoms with Crippen LogP contribution in [0.15, 0.2) is 36.4 Å². The molecule has 1 amide bonds. The number of sulfone groups is 1. The Bertz CT molecular complexity index is 1430. The van der Waals surface area contributed by atoms with Crippen LogP contribution in [0, 0.1) is 13.8 Å². The van der Waals surface area contributed by atoms with Crippen molar-refractivity contribution in [2.45, 2.75) is 58.5 Å². The molecule has 0 saturated carbocycles. The third-order valence-electron chi connectivity index (χ3n) is 7.32. The van der Waals surface area contributed by atoms with E-state index in [-0.39, 0.29) is 23.2 Å². The maximum atomic E-state index is 13.7. The summed E-state index contributed by atoms with van der Waals surface area (Å²) in [6.45, 7) is 6.56. The second-order valence-electron chi connectivity index (χ2n) is 10.1. The number of aromatic amines is 1. The number of aromatic nitrogens is 2. The maximum absolute atomic E-state index is 13.7. The van der Waals surface area contributed by atoms with Gasteiger partial charge in [0.1, 0.15) is 22.9 Å². The Balaban J connectivity index is 1.58. The highest BCUT2D eigenvalue weighted by molar-refractivity contribution is 7.91. The number of amides is 1. The molecule has 2 atom stereocenters. The zero-order valence-corrected chi connectivity index (χ0v) is 22.3. The van der Waals surface area contributed by atoms with E-state index in [1.807, 2.05) is 50.2 Å². The topological polar surface area (TPSA) is 113 Å². The second kappa shape index (κ2) is 9.85. The molecule has 2 aliphatic rings. The van der Waals surface area contributed by atoms with Crippen molar-refractivity contribution in [2.75, 3.05) is 18.1 Å². The van der Waals surface area contributed by atoms with Crippen LogP contribution in [0.1, 0.15) is 71.4 Å². The van der Waals surface area contributed by atoms with E-state index >= 15 is 0 Å². The summed E-state index contributed by atoms with van der Waals surface area (Å²) in [5.41, 5.74) is 4.56. The summed E-state index contributed by atoms with van der Waals surface area (Å²) >= 11 is 0. The first kappa shape index (κ1) is 25.3. The van der Waals surface area contributed by atoms with Gasteiger partial charge in [-0.05, 0) is 61.6 Å². The van der Waals surface area contributed by atoms with Crippen molar-refractivity contribution >= 4 is 15.7 Å². The Morgan fingerprint density at radius 1 is 1.16 bits per heavy atom. The SMILES string of the molecule is CCCCCOc1ccc(C2c3c(-c4cc(C)cc(C)c4O)n[nH]c3C(=O)N2C2CCS(=O)(=O)C2)cc1. The summed E-state index contributed by atoms with van der Waals surface area (Å²) in [4.78, 5) is 15.4. The quantitative estimate of drug-likeness (QED) is 0.414. The second-order valence-corrected chi connectivity index (χ2v) is 12.4. The van der Waals surface area contributed by atoms with E-state index in [0.717, 1.165) is 41.7 Å². The Hall–Kier alpha value is -3.33. The number of aryl methyl sites for hydroxylation is 2. The minimum Gasteiger partial charge on any atom is -0.507 e. The van der Waals surface area contributed by atoms with E-state index in [1.54, 1.807) is 4.90 Å². The number of ether oxygens (including phenoxy) is 1. The minimum absolute atomic E-state index is 0.0598. The molecule has 196 valence electrons. The minimum atomic E-state index is -3.21. The van der Waals surface area contributed by atoms with Gasteiger partial charge in [0.05, 0.1) is 24.2 Å². The number of phenolic OH excluding ortho intramolecular Hbond substituents is 1. The molecule has 3 aromatic rings. The Labute approximate surface area is 217 Å². The summed E-state index contributed by atoms with van der Waals surface area (Å²) in [6, 6.07) is 10.4. The summed E-state index contributed by atoms with van der Waals surface area (Å²) in [5.74, 6) is 0.595. The van der Waals surface area contributed by atoms with E-state index in [0.29, 0.717) is 35.5 Å². The first-order valence-electron chi connectivity index (χ1n) is 12.8. The number of benzene rings is 2. The first-order valence-corrected chi connectivity index (χ1v) is 14.7. The van der Waals surface area contributed by atoms with Gasteiger partial charge in [-0.3, -0.25) is 9.89 Å². The Morgan fingerprint density at radius 2 is 1.92 bits per heavy atom. The van der Waals surface area contributed by atoms with Crippen molar-refractivity contribution in [1.29, 1.82) is 0 Å². The number of hydrogen-bond donors (Lipinski definition) is 2. The van der Waals surface area contributed by atoms with Crippen molar-refractivity contribution < 1.29 is 23.1 Å². The standard InChI is InChI=1S/C28H33N3O5S/c1-4-5-6-12-36-21-9-7-19(8-10-21)26-23-24(22-15-17(2)14-18(3)27(22)32)29-30-25(23)28(33)31(26)20-11-13-37(34,35)16-20/h7-10,14-15,20,26,32H,4-6,11-13,16H2,1-3H3,(H,29,30). The molecule has 3 heterocycles. The van der Waals surface area contributed by atoms with Crippen LogP contribution >= 0.6 is 0 Å². The average Bonchev–Trinajstić information content (AvgIpc) is 3.52. The van der Waals surface area contributed by atoms with Crippen LogP contribution in [-0.4, -0.2) is 58.7 Å². The van der Waals surface area contributed by atoms with Gasteiger partial charge in [-0.1, -0.05) is 38.0 Å². The van der Waals surface area contributed by atoms with E-state index in [2.05, 4.69) is 17.1 Å². The molecule has 0 bridgehead atoms. The van der Waals surface area contributed by atoms with Gasteiger partial charge in [-0.2, -0.15) is 5.10 Å². The van der Waals surface area contributed by atoms with Crippen LogP contribution in [0.5, 0.6) is 11.5 Å². The van der Waals surface area contributed by atoms with E-state index < -0.39 is 21.9 Å². The van der Waals surface area contributed by atoms with Gasteiger partial charge >= 0.3 is 0 Å². The lowest BCUT2D eigenvalue weighted by atomic mass is 9.93. The normalized spacial score (nSPS) is 20.4. The Morgan fingerprint density at radius 3 is 2.59 bits per heavy atom. The number of aromatic hydroxyl groups is 1. The number of fused-ring (bicyclic) bond motifs is 1. The lowest BCUT2D eigenvalue weighted by molar-refractivity contribution is 0.0677. The van der Waals surface area contributed by atoms with Gasteiger partial charge in [0.2, 0.25) is 0 Å². The fourth-order valence-electron chi connectivity index (χ4n) is 5.50. The molecule has 0 aliphatic carbocycles. The molecule has 9 heteroatoms. The molecule has 0 radical (unpaired) electrons. The highest BCUT2D eigenvalue weighted by Gasteiger charge is 2.48. The first-order chi connectivity index (χ1) is 17.7. The van der Waals surface area contributed by atoms with Gasteiger partial charge in [0, 0.05) is 17.2 Å². The van der Waals surface area contributed by atoms with Crippen molar-refractivity contribution in [3.63, 3.8) is 0 Å². The van der Waals surface area contributed by atoms with E-state index in [9.17, 15) is 18.3 Å². The van der Waals surface area contributed by atoms with Crippen LogP contribution in [-0.2, 0) is 9.84 Å². The van der Waals surface area contributed by atoms with Gasteiger partial charge in [0.15, 0.2) is 9.84 Å². The molecule has 1 fully saturated rings. The maximum Gasteiger partial charge on any atom is 0.273 e. The van der Waals surface area contributed by atoms with E-state index in [4.69, 9.17) is 4.74 Å². The summed E-state index contributed by atoms with van der Waals surface area (Å²) < 4.78 is 30.6. The molecule has 0 spiro atoms. The molecule has 8 nitrogen and oxygen atoms in total. The molecule has 2 aromatic carbocycles. The van der Waals surface area contributed by atoms with Crippen molar-refractivity contribution in [3.8, 4) is 22.8 Å². The van der Waals surface area contributed by atoms with E-state index in [1.165, 1.54) is 0 Å². The lowest BCUT2D eigenvalue weighted by Gasteiger charge is -2.31. The molecule has 2 aliphatic heterocycles. The van der Waals surface area contributed by atoms with Crippen molar-refractivity contribution in [3.05, 3.63) is 64.3 Å². The average molecular weight is 524 g/mol. The van der Waals surface area contributed by atoms with Crippen LogP contribution < -0.4 is 4.74 Å². The van der Waals surface area contributed by atoms with Gasteiger partial charge in [-0.25, -0.2) is 8.42 Å². The van der Waals surface area contributed by atoms with Crippen LogP contribution in [0.3, 0.4) is 0 Å². The van der Waals surface area contributed by atoms with Crippen LogP contribution in [0.4, 0.5) is 0 Å². The number of H-pyrrole nitrogens is 1. The molecule has 37 heavy (non-hydrogen) atoms. The monoisotopic (exact) mass is 523 g/mol. The van der Waals surface area contributed by atoms with Gasteiger partial charge in [-0.15, -0.1) is 0 Å². The fourth-order valence-corrected chi connectivity index (χ4v) is 7.21. The number of carbonyl (C=O) groups is 1. The van der Waals surface area contributed by atoms with Gasteiger partial charge in [0.25, 0.3) is 5.91 Å². The molecule has 1 saturated heterocycles. The summed E-state index contributed by atoms with van der Waals surface area (Å²) in [6.07, 6.45) is 3.61. The predicted molar refractivity (Wildman–Crippen MR) is 142 cm³/mol. The highest BCUT2D eigenvalue weighted by Crippen LogP contribution is 2.47. The van der Waals surface area contributed by atoms with Crippen molar-refractivity contribution in [2.24, 2.45) is 0 Å². The third-order valence-corrected chi connectivity index (χ3v) is 9.07. The summed E-state index contributed by atoms with van der Waals surface area (Å²) in [7, 11) is -3.21. The predicted octanol–water partition coefficient (Wildman–Crippen LogP) is 4.70. The fraction of sp³-hybridized carbons (Fsp3) is 0.429. The molecule has 2 N–H and O–H groups in total. The van der Waals surface area contributed by atoms with Crippen LogP contribution in [0.25, 0.3) is 11.3 Å². The molecule has 5 rings (SSSR count). The zero-order chi connectivity index (χ0) is 26.3. The van der Waals surface area contributed by atoms with Crippen LogP contribution in [0.2, 0.25) is 0 Å². The number of nitrogens with one attached hydrogen (secondary N) is 1. The molecule has 1 aromatic heterocycles.